The van der Waals surface area contributed by atoms with Crippen LogP contribution in [-0.2, 0) is 14.9 Å². The van der Waals surface area contributed by atoms with Crippen molar-refractivity contribution >= 4 is 11.9 Å². The van der Waals surface area contributed by atoms with E-state index in [-0.39, 0.29) is 13.2 Å². The first-order valence-electron chi connectivity index (χ1n) is 23.2. The third-order valence-corrected chi connectivity index (χ3v) is 15.5. The Morgan fingerprint density at radius 3 is 0.924 bits per heavy atom. The van der Waals surface area contributed by atoms with E-state index in [0.29, 0.717) is 33.4 Å². The van der Waals surface area contributed by atoms with E-state index >= 15 is 0 Å². The summed E-state index contributed by atoms with van der Waals surface area (Å²) < 4.78 is 94.2. The lowest BCUT2D eigenvalue weighted by Gasteiger charge is -2.45. The summed E-state index contributed by atoms with van der Waals surface area (Å²) in [6.07, 6.45) is -9.65. The average molecular weight is 925 g/mol. The number of alkyl halides is 6. The molecule has 66 heavy (non-hydrogen) atoms. The SMILES string of the molecule is CC1C(C)C(C)C1C.CC1CC(C)C(C)C1C.Cc1ccc(C(=O)OCCOC(=O)c2ccc(C)c(C)c2)cc1C.Cc1ccc(C(c2ccc(C)c(C)c2)(C(F)(F)F)C(F)(F)F)cc1C. The summed E-state index contributed by atoms with van der Waals surface area (Å²) in [5, 5.41) is 0. The molecule has 4 unspecified atom stereocenters. The Kier molecular flexibility index (Phi) is 19.4. The molecule has 0 aromatic heterocycles. The van der Waals surface area contributed by atoms with Crippen molar-refractivity contribution in [1.82, 2.24) is 0 Å². The Bertz CT molecular complexity index is 2080. The van der Waals surface area contributed by atoms with E-state index in [9.17, 15) is 35.9 Å². The highest BCUT2D eigenvalue weighted by Gasteiger charge is 2.72. The molecule has 2 fully saturated rings. The van der Waals surface area contributed by atoms with Crippen LogP contribution in [0.4, 0.5) is 26.3 Å². The molecular weight excluding hydrogens is 851 g/mol. The molecule has 10 heteroatoms. The molecule has 0 amide bonds. The van der Waals surface area contributed by atoms with Crippen LogP contribution in [0.25, 0.3) is 0 Å². The summed E-state index contributed by atoms with van der Waals surface area (Å²) in [6, 6.07) is 17.2. The number of ether oxygens (including phenoxy) is 2. The van der Waals surface area contributed by atoms with Crippen molar-refractivity contribution in [3.63, 3.8) is 0 Å². The van der Waals surface area contributed by atoms with Gasteiger partial charge in [-0.2, -0.15) is 26.3 Å². The van der Waals surface area contributed by atoms with E-state index in [1.165, 1.54) is 32.4 Å². The maximum Gasteiger partial charge on any atom is 0.411 e. The minimum Gasteiger partial charge on any atom is -0.458 e. The van der Waals surface area contributed by atoms with Gasteiger partial charge in [-0.15, -0.1) is 0 Å². The summed E-state index contributed by atoms with van der Waals surface area (Å²) in [4.78, 5) is 23.9. The minimum absolute atomic E-state index is 0.0301. The molecule has 4 aromatic rings. The van der Waals surface area contributed by atoms with E-state index in [1.807, 2.05) is 39.8 Å². The molecule has 0 radical (unpaired) electrons. The maximum atomic E-state index is 14.0. The zero-order valence-electron chi connectivity index (χ0n) is 42.1. The van der Waals surface area contributed by atoms with Crippen molar-refractivity contribution in [3.05, 3.63) is 140 Å². The van der Waals surface area contributed by atoms with Gasteiger partial charge in [0.05, 0.1) is 11.1 Å². The second kappa shape index (κ2) is 22.9. The molecule has 0 heterocycles. The zero-order valence-corrected chi connectivity index (χ0v) is 42.1. The number of hydrogen-bond donors (Lipinski definition) is 0. The summed E-state index contributed by atoms with van der Waals surface area (Å²) in [5.74, 6) is 6.93. The monoisotopic (exact) mass is 925 g/mol. The fourth-order valence-corrected chi connectivity index (χ4v) is 8.93. The van der Waals surface area contributed by atoms with E-state index < -0.39 is 40.8 Å². The minimum atomic E-state index is -5.55. The summed E-state index contributed by atoms with van der Waals surface area (Å²) in [6.45, 7) is 33.1. The average Bonchev–Trinajstić information content (AvgIpc) is 3.47. The summed E-state index contributed by atoms with van der Waals surface area (Å²) in [5.41, 5.74) is 1.59. The zero-order chi connectivity index (χ0) is 50.2. The van der Waals surface area contributed by atoms with E-state index in [1.54, 1.807) is 38.1 Å². The largest absolute Gasteiger partial charge is 0.458 e. The van der Waals surface area contributed by atoms with Gasteiger partial charge in [0.15, 0.2) is 0 Å². The molecule has 0 saturated heterocycles. The quantitative estimate of drug-likeness (QED) is 0.105. The normalized spacial score (nSPS) is 22.6. The lowest BCUT2D eigenvalue weighted by Crippen LogP contribution is -2.54. The standard InChI is InChI=1S/C20H22O4.C19H18F6.C9H18.C8H16/c1-13-5-7-17(11-15(13)3)19(21)23-9-10-24-20(22)18-8-6-14(2)16(4)12-18;1-11-5-7-15(9-13(11)3)17(18(20,21)22,19(23,24)25)16-8-6-12(2)14(4)10-16;1-6-5-7(2)9(4)8(6)3;1-5-6(2)8(4)7(5)3/h5-8,11-12H,9-10H2,1-4H3;5-10H,1-4H3;6-9H,5H2,1-4H3;5-8H,1-4H3. The van der Waals surface area contributed by atoms with Gasteiger partial charge in [-0.3, -0.25) is 0 Å². The molecule has 4 nitrogen and oxygen atoms in total. The van der Waals surface area contributed by atoms with Crippen molar-refractivity contribution in [3.8, 4) is 0 Å². The van der Waals surface area contributed by atoms with Crippen LogP contribution in [0.1, 0.15) is 138 Å². The molecule has 4 atom stereocenters. The van der Waals surface area contributed by atoms with E-state index in [2.05, 4.69) is 55.4 Å². The number of hydrogen-bond acceptors (Lipinski definition) is 4. The number of esters is 2. The van der Waals surface area contributed by atoms with Crippen LogP contribution in [0.3, 0.4) is 0 Å². The lowest BCUT2D eigenvalue weighted by molar-refractivity contribution is -0.288. The van der Waals surface area contributed by atoms with Crippen LogP contribution < -0.4 is 0 Å². The van der Waals surface area contributed by atoms with Crippen molar-refractivity contribution in [2.24, 2.45) is 47.3 Å². The van der Waals surface area contributed by atoms with Gasteiger partial charge < -0.3 is 9.47 Å². The van der Waals surface area contributed by atoms with E-state index in [0.717, 1.165) is 93.9 Å². The van der Waals surface area contributed by atoms with Gasteiger partial charge in [0, 0.05) is 0 Å². The third kappa shape index (κ3) is 13.1. The van der Waals surface area contributed by atoms with Crippen molar-refractivity contribution < 1.29 is 45.4 Å². The molecule has 2 aliphatic rings. The van der Waals surface area contributed by atoms with Gasteiger partial charge in [0.25, 0.3) is 0 Å². The van der Waals surface area contributed by atoms with Crippen LogP contribution in [-0.4, -0.2) is 37.5 Å². The molecule has 0 spiro atoms. The number of carbonyl (C=O) groups excluding carboxylic acids is 2. The summed E-state index contributed by atoms with van der Waals surface area (Å²) in [7, 11) is 0. The van der Waals surface area contributed by atoms with Crippen LogP contribution in [0, 0.1) is 103 Å². The van der Waals surface area contributed by atoms with Gasteiger partial charge in [0.2, 0.25) is 5.41 Å². The molecule has 6 rings (SSSR count). The van der Waals surface area contributed by atoms with Gasteiger partial charge in [-0.25, -0.2) is 9.59 Å². The van der Waals surface area contributed by atoms with Crippen LogP contribution in [0.5, 0.6) is 0 Å². The Morgan fingerprint density at radius 1 is 0.424 bits per heavy atom. The van der Waals surface area contributed by atoms with Crippen molar-refractivity contribution in [2.45, 2.75) is 135 Å². The molecule has 0 bridgehead atoms. The predicted molar refractivity (Wildman–Crippen MR) is 255 cm³/mol. The molecule has 2 aliphatic carbocycles. The number of rotatable bonds is 7. The molecule has 0 N–H and O–H groups in total. The molecule has 4 aromatic carbocycles. The Balaban J connectivity index is 0.000000259. The second-order valence-electron chi connectivity index (χ2n) is 19.6. The predicted octanol–water partition coefficient (Wildman–Crippen LogP) is 15.7. The number of aryl methyl sites for hydroxylation is 8. The fourth-order valence-electron chi connectivity index (χ4n) is 8.93. The third-order valence-electron chi connectivity index (χ3n) is 15.5. The topological polar surface area (TPSA) is 52.6 Å². The number of halogens is 6. The fraction of sp³-hybridized carbons (Fsp3) is 0.536. The Morgan fingerprint density at radius 2 is 0.697 bits per heavy atom. The number of carbonyl (C=O) groups is 2. The van der Waals surface area contributed by atoms with Crippen molar-refractivity contribution in [2.75, 3.05) is 13.2 Å². The van der Waals surface area contributed by atoms with Crippen molar-refractivity contribution in [1.29, 1.82) is 0 Å². The Hall–Kier alpha value is -4.60. The maximum absolute atomic E-state index is 14.0. The molecule has 0 aliphatic heterocycles. The lowest BCUT2D eigenvalue weighted by atomic mass is 9.60. The van der Waals surface area contributed by atoms with Gasteiger partial charge in [-0.05, 0) is 189 Å². The molecule has 364 valence electrons. The van der Waals surface area contributed by atoms with Crippen LogP contribution >= 0.6 is 0 Å². The van der Waals surface area contributed by atoms with Gasteiger partial charge >= 0.3 is 24.3 Å². The van der Waals surface area contributed by atoms with E-state index in [4.69, 9.17) is 9.47 Å². The highest BCUT2D eigenvalue weighted by Crippen LogP contribution is 2.56. The summed E-state index contributed by atoms with van der Waals surface area (Å²) >= 11 is 0. The Labute approximate surface area is 391 Å². The first kappa shape index (κ1) is 55.7. The molecular formula is C56H74F6O4. The smallest absolute Gasteiger partial charge is 0.411 e. The van der Waals surface area contributed by atoms with Crippen LogP contribution in [0.2, 0.25) is 0 Å². The second-order valence-corrected chi connectivity index (χ2v) is 19.6. The first-order valence-corrected chi connectivity index (χ1v) is 23.2. The van der Waals surface area contributed by atoms with Crippen LogP contribution in [0.15, 0.2) is 72.8 Å². The number of benzene rings is 4. The van der Waals surface area contributed by atoms with Gasteiger partial charge in [-0.1, -0.05) is 104 Å². The first-order chi connectivity index (χ1) is 30.5. The highest BCUT2D eigenvalue weighted by atomic mass is 19.4. The molecule has 2 saturated carbocycles. The highest BCUT2D eigenvalue weighted by molar-refractivity contribution is 5.90. The van der Waals surface area contributed by atoms with Gasteiger partial charge in [0.1, 0.15) is 13.2 Å².